The molecule has 0 fully saturated rings. The van der Waals surface area contributed by atoms with E-state index in [-0.39, 0.29) is 12.5 Å². The standard InChI is InChI=1S/C20H26N2O3S/c1-15(2)13-21-20(23)18-10-8-17(9-11-18)14-22(26(4,24)25)19-7-5-6-16(3)12-19/h5-12,15H,13-14H2,1-4H3,(H,21,23). The molecule has 0 atom stereocenters. The summed E-state index contributed by atoms with van der Waals surface area (Å²) in [6, 6.07) is 14.4. The Hall–Kier alpha value is -2.34. The number of hydrogen-bond donors (Lipinski definition) is 1. The highest BCUT2D eigenvalue weighted by Crippen LogP contribution is 2.21. The van der Waals surface area contributed by atoms with Gasteiger partial charge in [0.2, 0.25) is 10.0 Å². The van der Waals surface area contributed by atoms with Gasteiger partial charge in [-0.25, -0.2) is 8.42 Å². The number of rotatable bonds is 7. The first kappa shape index (κ1) is 20.0. The van der Waals surface area contributed by atoms with Crippen LogP contribution in [0.1, 0.15) is 35.3 Å². The lowest BCUT2D eigenvalue weighted by molar-refractivity contribution is 0.0949. The Bertz CT molecular complexity index is 859. The zero-order valence-corrected chi connectivity index (χ0v) is 16.5. The average Bonchev–Trinajstić information content (AvgIpc) is 2.57. The second kappa shape index (κ2) is 8.36. The van der Waals surface area contributed by atoms with Crippen LogP contribution in [0.3, 0.4) is 0 Å². The molecule has 0 aromatic heterocycles. The number of carbonyl (C=O) groups excluding carboxylic acids is 1. The van der Waals surface area contributed by atoms with E-state index in [1.807, 2.05) is 39.0 Å². The van der Waals surface area contributed by atoms with Crippen LogP contribution in [0.15, 0.2) is 48.5 Å². The molecule has 0 aliphatic carbocycles. The number of anilines is 1. The molecule has 2 rings (SSSR count). The predicted octanol–water partition coefficient (Wildman–Crippen LogP) is 3.35. The highest BCUT2D eigenvalue weighted by Gasteiger charge is 2.18. The van der Waals surface area contributed by atoms with Crippen molar-refractivity contribution >= 4 is 21.6 Å². The topological polar surface area (TPSA) is 66.5 Å². The van der Waals surface area contributed by atoms with Gasteiger partial charge in [-0.15, -0.1) is 0 Å². The van der Waals surface area contributed by atoms with Gasteiger partial charge in [-0.1, -0.05) is 38.1 Å². The fraction of sp³-hybridized carbons (Fsp3) is 0.350. The van der Waals surface area contributed by atoms with Crippen molar-refractivity contribution < 1.29 is 13.2 Å². The van der Waals surface area contributed by atoms with Crippen LogP contribution in [0.25, 0.3) is 0 Å². The van der Waals surface area contributed by atoms with Gasteiger partial charge >= 0.3 is 0 Å². The van der Waals surface area contributed by atoms with Crippen molar-refractivity contribution in [3.8, 4) is 0 Å². The first-order chi connectivity index (χ1) is 12.2. The predicted molar refractivity (Wildman–Crippen MR) is 106 cm³/mol. The Balaban J connectivity index is 2.18. The number of hydrogen-bond acceptors (Lipinski definition) is 3. The number of nitrogens with one attached hydrogen (secondary N) is 1. The maximum Gasteiger partial charge on any atom is 0.251 e. The molecule has 2 aromatic carbocycles. The second-order valence-electron chi connectivity index (χ2n) is 6.91. The van der Waals surface area contributed by atoms with Crippen molar-refractivity contribution in [1.82, 2.24) is 5.32 Å². The molecule has 26 heavy (non-hydrogen) atoms. The Morgan fingerprint density at radius 2 is 1.77 bits per heavy atom. The molecule has 0 saturated carbocycles. The molecule has 0 aliphatic rings. The number of amides is 1. The summed E-state index contributed by atoms with van der Waals surface area (Å²) in [5.41, 5.74) is 3.01. The van der Waals surface area contributed by atoms with E-state index in [9.17, 15) is 13.2 Å². The third kappa shape index (κ3) is 5.59. The molecule has 0 unspecified atom stereocenters. The summed E-state index contributed by atoms with van der Waals surface area (Å²) >= 11 is 0. The first-order valence-corrected chi connectivity index (χ1v) is 10.4. The van der Waals surface area contributed by atoms with E-state index in [0.717, 1.165) is 11.1 Å². The van der Waals surface area contributed by atoms with E-state index >= 15 is 0 Å². The number of sulfonamides is 1. The zero-order chi connectivity index (χ0) is 19.3. The van der Waals surface area contributed by atoms with E-state index in [0.29, 0.717) is 23.7 Å². The molecular weight excluding hydrogens is 348 g/mol. The Morgan fingerprint density at radius 1 is 1.12 bits per heavy atom. The summed E-state index contributed by atoms with van der Waals surface area (Å²) in [6.45, 7) is 6.84. The van der Waals surface area contributed by atoms with Crippen molar-refractivity contribution in [3.05, 3.63) is 65.2 Å². The molecule has 1 amide bonds. The van der Waals surface area contributed by atoms with Gasteiger partial charge < -0.3 is 5.32 Å². The van der Waals surface area contributed by atoms with E-state index in [1.54, 1.807) is 30.3 Å². The van der Waals surface area contributed by atoms with Crippen molar-refractivity contribution in [1.29, 1.82) is 0 Å². The van der Waals surface area contributed by atoms with Crippen LogP contribution < -0.4 is 9.62 Å². The van der Waals surface area contributed by atoms with Gasteiger partial charge in [0.15, 0.2) is 0 Å². The van der Waals surface area contributed by atoms with Crippen LogP contribution in [0, 0.1) is 12.8 Å². The molecule has 0 heterocycles. The van der Waals surface area contributed by atoms with E-state index in [2.05, 4.69) is 5.32 Å². The Morgan fingerprint density at radius 3 is 2.31 bits per heavy atom. The highest BCUT2D eigenvalue weighted by atomic mass is 32.2. The summed E-state index contributed by atoms with van der Waals surface area (Å²) in [5, 5.41) is 2.87. The van der Waals surface area contributed by atoms with Gasteiger partial charge in [0, 0.05) is 12.1 Å². The fourth-order valence-electron chi connectivity index (χ4n) is 2.51. The van der Waals surface area contributed by atoms with Gasteiger partial charge in [0.1, 0.15) is 0 Å². The van der Waals surface area contributed by atoms with E-state index in [1.165, 1.54) is 10.6 Å². The summed E-state index contributed by atoms with van der Waals surface area (Å²) < 4.78 is 25.8. The lowest BCUT2D eigenvalue weighted by Crippen LogP contribution is -2.29. The monoisotopic (exact) mass is 374 g/mol. The van der Waals surface area contributed by atoms with Crippen LogP contribution in [0.4, 0.5) is 5.69 Å². The molecule has 2 aromatic rings. The molecule has 0 aliphatic heterocycles. The number of carbonyl (C=O) groups is 1. The third-order valence-electron chi connectivity index (χ3n) is 3.90. The molecule has 0 saturated heterocycles. The molecular formula is C20H26N2O3S. The fourth-order valence-corrected chi connectivity index (χ4v) is 3.39. The van der Waals surface area contributed by atoms with Crippen LogP contribution in [-0.2, 0) is 16.6 Å². The largest absolute Gasteiger partial charge is 0.352 e. The summed E-state index contributed by atoms with van der Waals surface area (Å²) in [5.74, 6) is 0.264. The Kier molecular flexibility index (Phi) is 6.42. The summed E-state index contributed by atoms with van der Waals surface area (Å²) in [7, 11) is -3.42. The molecule has 6 heteroatoms. The van der Waals surface area contributed by atoms with Crippen LogP contribution in [0.2, 0.25) is 0 Å². The van der Waals surface area contributed by atoms with Crippen molar-refractivity contribution in [2.45, 2.75) is 27.3 Å². The number of benzene rings is 2. The minimum atomic E-state index is -3.42. The summed E-state index contributed by atoms with van der Waals surface area (Å²) in [4.78, 5) is 12.1. The van der Waals surface area contributed by atoms with Crippen LogP contribution in [0.5, 0.6) is 0 Å². The van der Waals surface area contributed by atoms with Gasteiger partial charge in [-0.2, -0.15) is 0 Å². The molecule has 140 valence electrons. The SMILES string of the molecule is Cc1cccc(N(Cc2ccc(C(=O)NCC(C)C)cc2)S(C)(=O)=O)c1. The van der Waals surface area contributed by atoms with Crippen molar-refractivity contribution in [2.75, 3.05) is 17.1 Å². The lowest BCUT2D eigenvalue weighted by Gasteiger charge is -2.23. The van der Waals surface area contributed by atoms with Gasteiger partial charge in [0.25, 0.3) is 5.91 Å². The molecule has 5 nitrogen and oxygen atoms in total. The summed E-state index contributed by atoms with van der Waals surface area (Å²) in [6.07, 6.45) is 1.20. The maximum absolute atomic E-state index is 12.2. The number of nitrogens with zero attached hydrogens (tertiary/aromatic N) is 1. The lowest BCUT2D eigenvalue weighted by atomic mass is 10.1. The zero-order valence-electron chi connectivity index (χ0n) is 15.7. The molecule has 0 bridgehead atoms. The van der Waals surface area contributed by atoms with E-state index in [4.69, 9.17) is 0 Å². The van der Waals surface area contributed by atoms with Gasteiger partial charge in [-0.3, -0.25) is 9.10 Å². The molecule has 0 radical (unpaired) electrons. The minimum absolute atomic E-state index is 0.121. The van der Waals surface area contributed by atoms with Gasteiger partial charge in [-0.05, 0) is 48.2 Å². The molecule has 1 N–H and O–H groups in total. The van der Waals surface area contributed by atoms with Gasteiger partial charge in [0.05, 0.1) is 18.5 Å². The third-order valence-corrected chi connectivity index (χ3v) is 5.04. The first-order valence-electron chi connectivity index (χ1n) is 8.58. The van der Waals surface area contributed by atoms with Crippen LogP contribution >= 0.6 is 0 Å². The average molecular weight is 375 g/mol. The number of aryl methyl sites for hydroxylation is 1. The molecule has 0 spiro atoms. The van der Waals surface area contributed by atoms with E-state index < -0.39 is 10.0 Å². The highest BCUT2D eigenvalue weighted by molar-refractivity contribution is 7.92. The van der Waals surface area contributed by atoms with Crippen molar-refractivity contribution in [3.63, 3.8) is 0 Å². The quantitative estimate of drug-likeness (QED) is 0.808. The second-order valence-corrected chi connectivity index (χ2v) is 8.82. The maximum atomic E-state index is 12.2. The smallest absolute Gasteiger partial charge is 0.251 e. The minimum Gasteiger partial charge on any atom is -0.352 e. The Labute approximate surface area is 156 Å². The normalized spacial score (nSPS) is 11.4. The van der Waals surface area contributed by atoms with Crippen LogP contribution in [-0.4, -0.2) is 27.1 Å². The van der Waals surface area contributed by atoms with Crippen molar-refractivity contribution in [2.24, 2.45) is 5.92 Å².